The number of carbonyl (C=O) groups excluding carboxylic acids is 1. The molecule has 0 atom stereocenters. The van der Waals surface area contributed by atoms with Crippen LogP contribution in [0.2, 0.25) is 0 Å². The minimum atomic E-state index is 0.154. The van der Waals surface area contributed by atoms with Crippen LogP contribution in [-0.2, 0) is 17.6 Å². The Balaban J connectivity index is 1.25. The molecular weight excluding hydrogens is 308 g/mol. The van der Waals surface area contributed by atoms with E-state index < -0.39 is 0 Å². The Labute approximate surface area is 152 Å². The third-order valence-corrected chi connectivity index (χ3v) is 6.73. The van der Waals surface area contributed by atoms with Crippen LogP contribution in [0.25, 0.3) is 0 Å². The Kier molecular flexibility index (Phi) is 5.40. The highest BCUT2D eigenvalue weighted by molar-refractivity contribution is 5.93. The lowest BCUT2D eigenvalue weighted by atomic mass is 9.76. The van der Waals surface area contributed by atoms with Crippen molar-refractivity contribution in [3.05, 3.63) is 29.3 Å². The Morgan fingerprint density at radius 2 is 1.72 bits per heavy atom. The van der Waals surface area contributed by atoms with Crippen molar-refractivity contribution in [2.75, 3.05) is 25.0 Å². The maximum absolute atomic E-state index is 11.5. The Bertz CT molecular complexity index is 598. The smallest absolute Gasteiger partial charge is 0.224 e. The van der Waals surface area contributed by atoms with Gasteiger partial charge in [-0.05, 0) is 67.8 Å². The quantitative estimate of drug-likeness (QED) is 0.881. The van der Waals surface area contributed by atoms with Gasteiger partial charge in [0.15, 0.2) is 0 Å². The number of carbonyl (C=O) groups is 1. The van der Waals surface area contributed by atoms with Gasteiger partial charge in [0.25, 0.3) is 0 Å². The van der Waals surface area contributed by atoms with Gasteiger partial charge in [-0.25, -0.2) is 0 Å². The predicted octanol–water partition coefficient (Wildman–Crippen LogP) is 4.41. The van der Waals surface area contributed by atoms with Gasteiger partial charge < -0.3 is 10.2 Å². The molecule has 136 valence electrons. The summed E-state index contributed by atoms with van der Waals surface area (Å²) in [4.78, 5) is 14.1. The number of hydrogen-bond acceptors (Lipinski definition) is 2. The van der Waals surface area contributed by atoms with E-state index in [0.29, 0.717) is 6.42 Å². The van der Waals surface area contributed by atoms with Crippen molar-refractivity contribution >= 4 is 11.6 Å². The van der Waals surface area contributed by atoms with E-state index in [4.69, 9.17) is 0 Å². The number of amides is 1. The van der Waals surface area contributed by atoms with Gasteiger partial charge in [-0.1, -0.05) is 44.2 Å². The summed E-state index contributed by atoms with van der Waals surface area (Å²) in [5.74, 6) is 2.19. The second-order valence-corrected chi connectivity index (χ2v) is 8.37. The van der Waals surface area contributed by atoms with Crippen LogP contribution in [0.15, 0.2) is 18.2 Å². The first-order valence-electron chi connectivity index (χ1n) is 10.4. The number of aryl methyl sites for hydroxylation is 1. The molecule has 1 N–H and O–H groups in total. The lowest BCUT2D eigenvalue weighted by Crippen LogP contribution is -2.37. The van der Waals surface area contributed by atoms with Crippen LogP contribution in [0, 0.1) is 11.8 Å². The van der Waals surface area contributed by atoms with E-state index in [1.807, 2.05) is 0 Å². The standard InChI is InChI=1S/C22H32N2O/c25-22-9-7-20-16-17(6-8-21(20)23-22)10-13-24-14-11-19(12-15-24)18-4-2-1-3-5-18/h6,8,16,18-19H,1-5,7,9-15H2,(H,23,25). The summed E-state index contributed by atoms with van der Waals surface area (Å²) in [6.07, 6.45) is 12.9. The highest BCUT2D eigenvalue weighted by Gasteiger charge is 2.27. The summed E-state index contributed by atoms with van der Waals surface area (Å²) in [6.45, 7) is 3.77. The second kappa shape index (κ2) is 7.90. The minimum absolute atomic E-state index is 0.154. The van der Waals surface area contributed by atoms with E-state index in [9.17, 15) is 4.79 Å². The van der Waals surface area contributed by atoms with Gasteiger partial charge in [-0.2, -0.15) is 0 Å². The zero-order valence-electron chi connectivity index (χ0n) is 15.4. The molecule has 1 saturated heterocycles. The summed E-state index contributed by atoms with van der Waals surface area (Å²) in [5, 5.41) is 2.98. The summed E-state index contributed by atoms with van der Waals surface area (Å²) in [5.41, 5.74) is 3.76. The molecule has 25 heavy (non-hydrogen) atoms. The molecule has 0 aromatic heterocycles. The fourth-order valence-corrected chi connectivity index (χ4v) is 5.13. The van der Waals surface area contributed by atoms with Crippen LogP contribution in [0.4, 0.5) is 5.69 Å². The van der Waals surface area contributed by atoms with Crippen molar-refractivity contribution < 1.29 is 4.79 Å². The van der Waals surface area contributed by atoms with Gasteiger partial charge in [-0.15, -0.1) is 0 Å². The average Bonchev–Trinajstić information content (AvgIpc) is 2.67. The molecule has 2 aliphatic heterocycles. The van der Waals surface area contributed by atoms with E-state index in [2.05, 4.69) is 28.4 Å². The normalized spacial score (nSPS) is 23.3. The molecule has 4 rings (SSSR count). The summed E-state index contributed by atoms with van der Waals surface area (Å²) >= 11 is 0. The largest absolute Gasteiger partial charge is 0.326 e. The SMILES string of the molecule is O=C1CCc2cc(CCN3CCC(C4CCCCC4)CC3)ccc2N1. The van der Waals surface area contributed by atoms with Crippen molar-refractivity contribution in [2.24, 2.45) is 11.8 Å². The first-order chi connectivity index (χ1) is 12.3. The summed E-state index contributed by atoms with van der Waals surface area (Å²) in [6, 6.07) is 6.60. The Hall–Kier alpha value is -1.35. The minimum Gasteiger partial charge on any atom is -0.326 e. The van der Waals surface area contributed by atoms with Crippen LogP contribution in [0.3, 0.4) is 0 Å². The van der Waals surface area contributed by atoms with Crippen LogP contribution in [0.5, 0.6) is 0 Å². The lowest BCUT2D eigenvalue weighted by molar-refractivity contribution is -0.116. The number of anilines is 1. The molecule has 3 aliphatic rings. The molecule has 1 aromatic carbocycles. The summed E-state index contributed by atoms with van der Waals surface area (Å²) < 4.78 is 0. The third-order valence-electron chi connectivity index (χ3n) is 6.73. The Morgan fingerprint density at radius 1 is 0.960 bits per heavy atom. The van der Waals surface area contributed by atoms with Crippen LogP contribution in [-0.4, -0.2) is 30.4 Å². The topological polar surface area (TPSA) is 32.3 Å². The van der Waals surface area contributed by atoms with Crippen molar-refractivity contribution in [1.82, 2.24) is 4.90 Å². The van der Waals surface area contributed by atoms with Crippen LogP contribution in [0.1, 0.15) is 62.5 Å². The molecule has 1 saturated carbocycles. The fraction of sp³-hybridized carbons (Fsp3) is 0.682. The molecule has 1 aliphatic carbocycles. The molecule has 0 radical (unpaired) electrons. The number of rotatable bonds is 4. The molecule has 1 aromatic rings. The maximum Gasteiger partial charge on any atom is 0.224 e. The number of fused-ring (bicyclic) bond motifs is 1. The molecule has 1 amide bonds. The van der Waals surface area contributed by atoms with E-state index in [-0.39, 0.29) is 5.91 Å². The number of nitrogens with zero attached hydrogens (tertiary/aromatic N) is 1. The zero-order chi connectivity index (χ0) is 17.1. The molecule has 2 fully saturated rings. The molecule has 2 heterocycles. The van der Waals surface area contributed by atoms with Gasteiger partial charge in [-0.3, -0.25) is 4.79 Å². The first-order valence-corrected chi connectivity index (χ1v) is 10.4. The second-order valence-electron chi connectivity index (χ2n) is 8.37. The highest BCUT2D eigenvalue weighted by Crippen LogP contribution is 2.35. The molecular formula is C22H32N2O. The first kappa shape index (κ1) is 17.1. The predicted molar refractivity (Wildman–Crippen MR) is 103 cm³/mol. The van der Waals surface area contributed by atoms with E-state index >= 15 is 0 Å². The van der Waals surface area contributed by atoms with Crippen molar-refractivity contribution in [2.45, 2.75) is 64.2 Å². The molecule has 0 unspecified atom stereocenters. The van der Waals surface area contributed by atoms with Gasteiger partial charge in [0.05, 0.1) is 0 Å². The number of nitrogens with one attached hydrogen (secondary N) is 1. The lowest BCUT2D eigenvalue weighted by Gasteiger charge is -2.37. The summed E-state index contributed by atoms with van der Waals surface area (Å²) in [7, 11) is 0. The van der Waals surface area contributed by atoms with Gasteiger partial charge in [0.1, 0.15) is 0 Å². The van der Waals surface area contributed by atoms with Crippen molar-refractivity contribution in [1.29, 1.82) is 0 Å². The maximum atomic E-state index is 11.5. The zero-order valence-corrected chi connectivity index (χ0v) is 15.4. The van der Waals surface area contributed by atoms with E-state index in [1.54, 1.807) is 0 Å². The highest BCUT2D eigenvalue weighted by atomic mass is 16.1. The van der Waals surface area contributed by atoms with E-state index in [0.717, 1.165) is 30.4 Å². The van der Waals surface area contributed by atoms with Gasteiger partial charge in [0.2, 0.25) is 5.91 Å². The fourth-order valence-electron chi connectivity index (χ4n) is 5.13. The number of hydrogen-bond donors (Lipinski definition) is 1. The van der Waals surface area contributed by atoms with Crippen LogP contribution < -0.4 is 5.32 Å². The average molecular weight is 341 g/mol. The molecule has 0 bridgehead atoms. The van der Waals surface area contributed by atoms with E-state index in [1.165, 1.54) is 75.7 Å². The molecule has 0 spiro atoms. The number of piperidine rings is 1. The van der Waals surface area contributed by atoms with Gasteiger partial charge >= 0.3 is 0 Å². The monoisotopic (exact) mass is 340 g/mol. The number of likely N-dealkylation sites (tertiary alicyclic amines) is 1. The Morgan fingerprint density at radius 3 is 2.52 bits per heavy atom. The number of benzene rings is 1. The van der Waals surface area contributed by atoms with Crippen molar-refractivity contribution in [3.63, 3.8) is 0 Å². The molecule has 3 heteroatoms. The molecule has 3 nitrogen and oxygen atoms in total. The van der Waals surface area contributed by atoms with Crippen molar-refractivity contribution in [3.8, 4) is 0 Å². The third kappa shape index (κ3) is 4.25. The van der Waals surface area contributed by atoms with Crippen LogP contribution >= 0.6 is 0 Å². The van der Waals surface area contributed by atoms with Gasteiger partial charge in [0, 0.05) is 18.7 Å².